The number of nitrogens with zero attached hydrogens (tertiary/aromatic N) is 3. The average molecular weight is 464 g/mol. The first-order valence-electron chi connectivity index (χ1n) is 8.62. The lowest BCUT2D eigenvalue weighted by Crippen LogP contribution is -2.33. The molecule has 0 unspecified atom stereocenters. The van der Waals surface area contributed by atoms with E-state index in [4.69, 9.17) is 23.2 Å². The molecule has 4 aromatic rings. The molecular weight excluding hydrogens is 449 g/mol. The second kappa shape index (κ2) is 8.28. The lowest BCUT2D eigenvalue weighted by molar-refractivity contribution is -0.131. The van der Waals surface area contributed by atoms with Crippen molar-refractivity contribution in [2.75, 3.05) is 7.05 Å². The molecule has 29 heavy (non-hydrogen) atoms. The number of aromatic nitrogens is 2. The maximum absolute atomic E-state index is 13.0. The maximum Gasteiger partial charge on any atom is 0.263 e. The van der Waals surface area contributed by atoms with E-state index in [0.29, 0.717) is 26.8 Å². The van der Waals surface area contributed by atoms with Crippen LogP contribution in [-0.2, 0) is 17.9 Å². The fraction of sp³-hybridized carbons (Fsp3) is 0.150. The van der Waals surface area contributed by atoms with Gasteiger partial charge in [0.05, 0.1) is 21.8 Å². The van der Waals surface area contributed by atoms with Crippen molar-refractivity contribution in [3.05, 3.63) is 73.4 Å². The smallest absolute Gasteiger partial charge is 0.263 e. The molecule has 1 amide bonds. The minimum Gasteiger partial charge on any atom is -0.340 e. The van der Waals surface area contributed by atoms with Crippen molar-refractivity contribution in [3.63, 3.8) is 0 Å². The summed E-state index contributed by atoms with van der Waals surface area (Å²) in [6.45, 7) is 0.276. The highest BCUT2D eigenvalue weighted by molar-refractivity contribution is 7.18. The number of fused-ring (bicyclic) bond motifs is 1. The Morgan fingerprint density at radius 2 is 2.03 bits per heavy atom. The SMILES string of the molecule is CN(Cc1ccc(Cl)c(Cl)c1)C(=O)Cn1cnc2scc(-c3cccs3)c2c1=O. The molecule has 148 valence electrons. The Morgan fingerprint density at radius 3 is 2.76 bits per heavy atom. The summed E-state index contributed by atoms with van der Waals surface area (Å²) in [5.41, 5.74) is 1.51. The second-order valence-electron chi connectivity index (χ2n) is 6.48. The van der Waals surface area contributed by atoms with E-state index in [-0.39, 0.29) is 18.0 Å². The molecule has 0 radical (unpaired) electrons. The van der Waals surface area contributed by atoms with E-state index >= 15 is 0 Å². The van der Waals surface area contributed by atoms with Gasteiger partial charge in [-0.15, -0.1) is 22.7 Å². The van der Waals surface area contributed by atoms with Crippen molar-refractivity contribution >= 4 is 62.0 Å². The Morgan fingerprint density at radius 1 is 1.21 bits per heavy atom. The molecule has 0 aliphatic heterocycles. The van der Waals surface area contributed by atoms with Crippen molar-refractivity contribution in [1.82, 2.24) is 14.5 Å². The number of hydrogen-bond acceptors (Lipinski definition) is 5. The van der Waals surface area contributed by atoms with Gasteiger partial charge in [-0.1, -0.05) is 35.3 Å². The summed E-state index contributed by atoms with van der Waals surface area (Å²) in [5.74, 6) is -0.202. The van der Waals surface area contributed by atoms with Crippen LogP contribution in [0.15, 0.2) is 52.2 Å². The topological polar surface area (TPSA) is 55.2 Å². The Balaban J connectivity index is 1.57. The van der Waals surface area contributed by atoms with Gasteiger partial charge in [0.1, 0.15) is 11.4 Å². The quantitative estimate of drug-likeness (QED) is 0.411. The molecule has 0 fully saturated rings. The van der Waals surface area contributed by atoms with Crippen LogP contribution < -0.4 is 5.56 Å². The van der Waals surface area contributed by atoms with E-state index in [2.05, 4.69) is 4.98 Å². The molecule has 0 saturated carbocycles. The van der Waals surface area contributed by atoms with Gasteiger partial charge < -0.3 is 4.90 Å². The summed E-state index contributed by atoms with van der Waals surface area (Å²) in [6.07, 6.45) is 1.43. The summed E-state index contributed by atoms with van der Waals surface area (Å²) in [4.78, 5) is 33.3. The van der Waals surface area contributed by atoms with Gasteiger partial charge in [0.25, 0.3) is 5.56 Å². The van der Waals surface area contributed by atoms with Gasteiger partial charge in [-0.3, -0.25) is 14.2 Å². The lowest BCUT2D eigenvalue weighted by Gasteiger charge is -2.18. The van der Waals surface area contributed by atoms with Gasteiger partial charge in [0.15, 0.2) is 0 Å². The average Bonchev–Trinajstić information content (AvgIpc) is 3.36. The second-order valence-corrected chi connectivity index (χ2v) is 9.10. The van der Waals surface area contributed by atoms with Crippen molar-refractivity contribution in [1.29, 1.82) is 0 Å². The Kier molecular flexibility index (Phi) is 5.74. The highest BCUT2D eigenvalue weighted by atomic mass is 35.5. The van der Waals surface area contributed by atoms with E-state index in [1.165, 1.54) is 22.2 Å². The molecule has 0 atom stereocenters. The molecule has 0 aliphatic carbocycles. The van der Waals surface area contributed by atoms with E-state index in [1.807, 2.05) is 29.0 Å². The summed E-state index contributed by atoms with van der Waals surface area (Å²) in [7, 11) is 1.68. The normalized spacial score (nSPS) is 11.1. The molecule has 4 rings (SSSR count). The largest absolute Gasteiger partial charge is 0.340 e. The molecular formula is C20H15Cl2N3O2S2. The van der Waals surface area contributed by atoms with Crippen LogP contribution in [0.5, 0.6) is 0 Å². The van der Waals surface area contributed by atoms with Crippen molar-refractivity contribution in [2.24, 2.45) is 0 Å². The zero-order chi connectivity index (χ0) is 20.5. The maximum atomic E-state index is 13.0. The summed E-state index contributed by atoms with van der Waals surface area (Å²) < 4.78 is 1.36. The molecule has 0 aliphatic rings. The molecule has 5 nitrogen and oxygen atoms in total. The van der Waals surface area contributed by atoms with E-state index in [1.54, 1.807) is 35.4 Å². The van der Waals surface area contributed by atoms with Crippen LogP contribution in [0, 0.1) is 0 Å². The first-order valence-corrected chi connectivity index (χ1v) is 11.1. The van der Waals surface area contributed by atoms with Gasteiger partial charge in [-0.05, 0) is 29.1 Å². The van der Waals surface area contributed by atoms with Crippen molar-refractivity contribution in [2.45, 2.75) is 13.1 Å². The summed E-state index contributed by atoms with van der Waals surface area (Å²) >= 11 is 15.0. The third kappa shape index (κ3) is 4.09. The molecule has 1 aromatic carbocycles. The third-order valence-electron chi connectivity index (χ3n) is 4.48. The zero-order valence-corrected chi connectivity index (χ0v) is 18.4. The zero-order valence-electron chi connectivity index (χ0n) is 15.3. The number of likely N-dealkylation sites (N-methyl/N-ethyl adjacent to an activating group) is 1. The number of amides is 1. The number of carbonyl (C=O) groups is 1. The van der Waals surface area contributed by atoms with E-state index < -0.39 is 0 Å². The van der Waals surface area contributed by atoms with Crippen LogP contribution in [0.25, 0.3) is 20.7 Å². The van der Waals surface area contributed by atoms with Gasteiger partial charge in [0, 0.05) is 29.4 Å². The molecule has 3 aromatic heterocycles. The molecule has 0 spiro atoms. The number of halogens is 2. The lowest BCUT2D eigenvalue weighted by atomic mass is 10.2. The van der Waals surface area contributed by atoms with Crippen LogP contribution in [0.3, 0.4) is 0 Å². The van der Waals surface area contributed by atoms with Crippen LogP contribution in [0.1, 0.15) is 5.56 Å². The Labute approximate surface area is 184 Å². The van der Waals surface area contributed by atoms with Gasteiger partial charge >= 0.3 is 0 Å². The Bertz CT molecular complexity index is 1250. The fourth-order valence-corrected chi connectivity index (χ4v) is 5.00. The van der Waals surface area contributed by atoms with Gasteiger partial charge in [-0.2, -0.15) is 0 Å². The Hall–Kier alpha value is -2.19. The molecule has 9 heteroatoms. The first-order chi connectivity index (χ1) is 13.9. The number of hydrogen-bond donors (Lipinski definition) is 0. The number of thiophene rings is 2. The van der Waals surface area contributed by atoms with Gasteiger partial charge in [0.2, 0.25) is 5.91 Å². The third-order valence-corrected chi connectivity index (χ3v) is 7.01. The molecule has 0 bridgehead atoms. The fourth-order valence-electron chi connectivity index (χ4n) is 2.96. The standard InChI is InChI=1S/C20H15Cl2N3O2S2/c1-24(8-12-4-5-14(21)15(22)7-12)17(26)9-25-11-23-19-18(20(25)27)13(10-29-19)16-3-2-6-28-16/h2-7,10-11H,8-9H2,1H3. The summed E-state index contributed by atoms with van der Waals surface area (Å²) in [6, 6.07) is 9.16. The highest BCUT2D eigenvalue weighted by Gasteiger charge is 2.17. The minimum absolute atomic E-state index is 0.0840. The van der Waals surface area contributed by atoms with E-state index in [0.717, 1.165) is 16.0 Å². The van der Waals surface area contributed by atoms with E-state index in [9.17, 15) is 9.59 Å². The van der Waals surface area contributed by atoms with Crippen LogP contribution in [0.2, 0.25) is 10.0 Å². The predicted molar refractivity (Wildman–Crippen MR) is 120 cm³/mol. The highest BCUT2D eigenvalue weighted by Crippen LogP contribution is 2.33. The van der Waals surface area contributed by atoms with Crippen LogP contribution in [0.4, 0.5) is 0 Å². The molecule has 0 saturated heterocycles. The van der Waals surface area contributed by atoms with Crippen LogP contribution >= 0.6 is 45.9 Å². The van der Waals surface area contributed by atoms with Crippen molar-refractivity contribution in [3.8, 4) is 10.4 Å². The van der Waals surface area contributed by atoms with Crippen LogP contribution in [-0.4, -0.2) is 27.4 Å². The molecule has 0 N–H and O–H groups in total. The first kappa shape index (κ1) is 20.1. The van der Waals surface area contributed by atoms with Crippen molar-refractivity contribution < 1.29 is 4.79 Å². The number of benzene rings is 1. The number of carbonyl (C=O) groups excluding carboxylic acids is 1. The molecule has 3 heterocycles. The van der Waals surface area contributed by atoms with Gasteiger partial charge in [-0.25, -0.2) is 4.98 Å². The predicted octanol–water partition coefficient (Wildman–Crippen LogP) is 5.15. The minimum atomic E-state index is -0.212. The monoisotopic (exact) mass is 463 g/mol. The number of rotatable bonds is 5. The summed E-state index contributed by atoms with van der Waals surface area (Å²) in [5, 5.41) is 5.37.